The number of para-hydroxylation sites is 1. The Bertz CT molecular complexity index is 284. The van der Waals surface area contributed by atoms with Gasteiger partial charge in [-0.15, -0.1) is 0 Å². The van der Waals surface area contributed by atoms with Gasteiger partial charge in [-0.3, -0.25) is 0 Å². The molecule has 0 aliphatic heterocycles. The van der Waals surface area contributed by atoms with Gasteiger partial charge in [-0.25, -0.2) is 8.78 Å². The molecule has 78 valence electrons. The quantitative estimate of drug-likeness (QED) is 0.807. The van der Waals surface area contributed by atoms with Crippen LogP contribution in [0.2, 0.25) is 0 Å². The predicted molar refractivity (Wildman–Crippen MR) is 50.1 cm³/mol. The zero-order valence-electron chi connectivity index (χ0n) is 7.97. The van der Waals surface area contributed by atoms with Crippen LogP contribution in [0.1, 0.15) is 6.92 Å². The van der Waals surface area contributed by atoms with Gasteiger partial charge < -0.3 is 10.5 Å². The van der Waals surface area contributed by atoms with Crippen molar-refractivity contribution in [1.29, 1.82) is 0 Å². The van der Waals surface area contributed by atoms with Crippen LogP contribution in [0.15, 0.2) is 18.2 Å². The van der Waals surface area contributed by atoms with Crippen molar-refractivity contribution in [2.45, 2.75) is 6.92 Å². The Morgan fingerprint density at radius 2 is 1.93 bits per heavy atom. The third-order valence-electron chi connectivity index (χ3n) is 1.83. The van der Waals surface area contributed by atoms with Gasteiger partial charge in [0.05, 0.1) is 6.61 Å². The first-order chi connectivity index (χ1) is 6.65. The lowest BCUT2D eigenvalue weighted by atomic mass is 10.2. The molecular formula is C10H13F2NO. The van der Waals surface area contributed by atoms with E-state index in [0.29, 0.717) is 6.54 Å². The first kappa shape index (κ1) is 10.9. The molecule has 0 aromatic heterocycles. The van der Waals surface area contributed by atoms with Crippen LogP contribution >= 0.6 is 0 Å². The Morgan fingerprint density at radius 3 is 2.43 bits per heavy atom. The van der Waals surface area contributed by atoms with Crippen molar-refractivity contribution in [2.24, 2.45) is 11.7 Å². The van der Waals surface area contributed by atoms with Crippen LogP contribution in [0.25, 0.3) is 0 Å². The summed E-state index contributed by atoms with van der Waals surface area (Å²) in [6.07, 6.45) is 0. The number of rotatable bonds is 4. The van der Waals surface area contributed by atoms with Crippen LogP contribution in [0.4, 0.5) is 8.78 Å². The van der Waals surface area contributed by atoms with Crippen LogP contribution in [0.5, 0.6) is 5.75 Å². The second-order valence-corrected chi connectivity index (χ2v) is 3.20. The van der Waals surface area contributed by atoms with Crippen molar-refractivity contribution in [3.05, 3.63) is 29.8 Å². The van der Waals surface area contributed by atoms with Gasteiger partial charge in [-0.05, 0) is 18.7 Å². The molecule has 1 rings (SSSR count). The molecule has 1 aromatic carbocycles. The van der Waals surface area contributed by atoms with E-state index in [-0.39, 0.29) is 18.3 Å². The second kappa shape index (κ2) is 4.91. The molecule has 14 heavy (non-hydrogen) atoms. The standard InChI is InChI=1S/C10H13F2NO/c1-7(5-13)6-14-10-8(11)3-2-4-9(10)12/h2-4,7H,5-6,13H2,1H3. The van der Waals surface area contributed by atoms with Crippen molar-refractivity contribution in [2.75, 3.05) is 13.2 Å². The summed E-state index contributed by atoms with van der Waals surface area (Å²) < 4.78 is 31.0. The average molecular weight is 201 g/mol. The topological polar surface area (TPSA) is 35.2 Å². The molecule has 2 N–H and O–H groups in total. The van der Waals surface area contributed by atoms with Crippen molar-refractivity contribution in [3.63, 3.8) is 0 Å². The molecule has 2 nitrogen and oxygen atoms in total. The number of halogens is 2. The maximum Gasteiger partial charge on any atom is 0.190 e. The Morgan fingerprint density at radius 1 is 1.36 bits per heavy atom. The van der Waals surface area contributed by atoms with E-state index >= 15 is 0 Å². The molecule has 0 spiro atoms. The molecule has 0 saturated heterocycles. The molecule has 0 aliphatic carbocycles. The van der Waals surface area contributed by atoms with Gasteiger partial charge in [0.1, 0.15) is 0 Å². The summed E-state index contributed by atoms with van der Waals surface area (Å²) in [6, 6.07) is 3.61. The summed E-state index contributed by atoms with van der Waals surface area (Å²) >= 11 is 0. The number of benzene rings is 1. The number of hydrogen-bond donors (Lipinski definition) is 1. The molecular weight excluding hydrogens is 188 g/mol. The fraction of sp³-hybridized carbons (Fsp3) is 0.400. The van der Waals surface area contributed by atoms with E-state index in [4.69, 9.17) is 10.5 Å². The largest absolute Gasteiger partial charge is 0.487 e. The van der Waals surface area contributed by atoms with Gasteiger partial charge in [-0.2, -0.15) is 0 Å². The Kier molecular flexibility index (Phi) is 3.83. The van der Waals surface area contributed by atoms with Crippen LogP contribution in [-0.2, 0) is 0 Å². The normalized spacial score (nSPS) is 12.6. The molecule has 1 aromatic rings. The molecule has 0 bridgehead atoms. The van der Waals surface area contributed by atoms with Gasteiger partial charge in [-0.1, -0.05) is 13.0 Å². The van der Waals surface area contributed by atoms with E-state index in [0.717, 1.165) is 12.1 Å². The molecule has 1 unspecified atom stereocenters. The van der Waals surface area contributed by atoms with E-state index in [2.05, 4.69) is 0 Å². The van der Waals surface area contributed by atoms with E-state index in [1.807, 2.05) is 6.92 Å². The van der Waals surface area contributed by atoms with E-state index in [1.165, 1.54) is 6.07 Å². The summed E-state index contributed by atoms with van der Waals surface area (Å²) in [4.78, 5) is 0. The predicted octanol–water partition coefficient (Wildman–Crippen LogP) is 1.94. The summed E-state index contributed by atoms with van der Waals surface area (Å²) in [6.45, 7) is 2.49. The zero-order chi connectivity index (χ0) is 10.6. The third kappa shape index (κ3) is 2.67. The number of ether oxygens (including phenoxy) is 1. The minimum absolute atomic E-state index is 0.0778. The average Bonchev–Trinajstić information content (AvgIpc) is 2.16. The minimum Gasteiger partial charge on any atom is -0.487 e. The maximum atomic E-state index is 13.0. The first-order valence-corrected chi connectivity index (χ1v) is 4.42. The Balaban J connectivity index is 2.66. The highest BCUT2D eigenvalue weighted by molar-refractivity contribution is 5.25. The van der Waals surface area contributed by atoms with Gasteiger partial charge >= 0.3 is 0 Å². The Hall–Kier alpha value is -1.16. The molecule has 0 heterocycles. The zero-order valence-corrected chi connectivity index (χ0v) is 7.97. The summed E-state index contributed by atoms with van der Waals surface area (Å²) in [7, 11) is 0. The highest BCUT2D eigenvalue weighted by Gasteiger charge is 2.10. The lowest BCUT2D eigenvalue weighted by Crippen LogP contribution is -2.18. The van der Waals surface area contributed by atoms with Gasteiger partial charge in [0.15, 0.2) is 17.4 Å². The van der Waals surface area contributed by atoms with Crippen molar-refractivity contribution >= 4 is 0 Å². The molecule has 1 atom stereocenters. The molecule has 0 radical (unpaired) electrons. The molecule has 4 heteroatoms. The SMILES string of the molecule is CC(CN)COc1c(F)cccc1F. The van der Waals surface area contributed by atoms with E-state index in [9.17, 15) is 8.78 Å². The van der Waals surface area contributed by atoms with Gasteiger partial charge in [0, 0.05) is 5.92 Å². The number of hydrogen-bond acceptors (Lipinski definition) is 2. The van der Waals surface area contributed by atoms with Gasteiger partial charge in [0.25, 0.3) is 0 Å². The number of nitrogens with two attached hydrogens (primary N) is 1. The van der Waals surface area contributed by atoms with Crippen LogP contribution in [0, 0.1) is 17.6 Å². The van der Waals surface area contributed by atoms with Crippen LogP contribution in [0.3, 0.4) is 0 Å². The molecule has 0 fully saturated rings. The molecule has 0 amide bonds. The molecule has 0 aliphatic rings. The lowest BCUT2D eigenvalue weighted by molar-refractivity contribution is 0.241. The summed E-state index contributed by atoms with van der Waals surface area (Å²) in [5.74, 6) is -1.62. The van der Waals surface area contributed by atoms with Crippen molar-refractivity contribution in [3.8, 4) is 5.75 Å². The fourth-order valence-corrected chi connectivity index (χ4v) is 0.914. The lowest BCUT2D eigenvalue weighted by Gasteiger charge is -2.11. The maximum absolute atomic E-state index is 13.0. The fourth-order valence-electron chi connectivity index (χ4n) is 0.914. The van der Waals surface area contributed by atoms with Gasteiger partial charge in [0.2, 0.25) is 0 Å². The van der Waals surface area contributed by atoms with Crippen LogP contribution < -0.4 is 10.5 Å². The second-order valence-electron chi connectivity index (χ2n) is 3.20. The summed E-state index contributed by atoms with van der Waals surface area (Å²) in [5.41, 5.74) is 5.34. The molecule has 0 saturated carbocycles. The monoisotopic (exact) mass is 201 g/mol. The van der Waals surface area contributed by atoms with E-state index in [1.54, 1.807) is 0 Å². The summed E-state index contributed by atoms with van der Waals surface area (Å²) in [5, 5.41) is 0. The van der Waals surface area contributed by atoms with Crippen molar-refractivity contribution < 1.29 is 13.5 Å². The minimum atomic E-state index is -0.686. The third-order valence-corrected chi connectivity index (χ3v) is 1.83. The smallest absolute Gasteiger partial charge is 0.190 e. The van der Waals surface area contributed by atoms with Crippen molar-refractivity contribution in [1.82, 2.24) is 0 Å². The highest BCUT2D eigenvalue weighted by Crippen LogP contribution is 2.21. The van der Waals surface area contributed by atoms with E-state index < -0.39 is 11.6 Å². The first-order valence-electron chi connectivity index (χ1n) is 4.42. The van der Waals surface area contributed by atoms with Crippen LogP contribution in [-0.4, -0.2) is 13.2 Å². The highest BCUT2D eigenvalue weighted by atomic mass is 19.1. The Labute approximate surface area is 81.7 Å².